The lowest BCUT2D eigenvalue weighted by Gasteiger charge is -2.14. The molecular formula is C23H18FN3S. The first-order valence-electron chi connectivity index (χ1n) is 9.43. The molecule has 0 atom stereocenters. The largest absolute Gasteiger partial charge is 0.265 e. The predicted octanol–water partition coefficient (Wildman–Crippen LogP) is 5.95. The molecule has 1 aromatic carbocycles. The maximum absolute atomic E-state index is 14.3. The minimum Gasteiger partial charge on any atom is -0.265 e. The highest BCUT2D eigenvalue weighted by Crippen LogP contribution is 2.34. The van der Waals surface area contributed by atoms with Gasteiger partial charge in [-0.05, 0) is 84.3 Å². The van der Waals surface area contributed by atoms with Crippen molar-refractivity contribution in [2.24, 2.45) is 0 Å². The van der Waals surface area contributed by atoms with Gasteiger partial charge in [0.25, 0.3) is 0 Å². The lowest BCUT2D eigenvalue weighted by atomic mass is 9.96. The number of fused-ring (bicyclic) bond motifs is 1. The second-order valence-electron chi connectivity index (χ2n) is 7.00. The predicted molar refractivity (Wildman–Crippen MR) is 111 cm³/mol. The second kappa shape index (κ2) is 7.24. The van der Waals surface area contributed by atoms with Crippen LogP contribution in [0.15, 0.2) is 61.1 Å². The van der Waals surface area contributed by atoms with Gasteiger partial charge in [-0.2, -0.15) is 0 Å². The number of hydrogen-bond acceptors (Lipinski definition) is 4. The molecule has 1 aliphatic carbocycles. The Morgan fingerprint density at radius 1 is 0.857 bits per heavy atom. The van der Waals surface area contributed by atoms with Gasteiger partial charge >= 0.3 is 0 Å². The summed E-state index contributed by atoms with van der Waals surface area (Å²) in [6.45, 7) is 0. The third-order valence-electron chi connectivity index (χ3n) is 5.10. The number of halogens is 1. The first kappa shape index (κ1) is 17.2. The Kier molecular flexibility index (Phi) is 4.45. The molecule has 0 spiro atoms. The fourth-order valence-electron chi connectivity index (χ4n) is 3.67. The smallest absolute Gasteiger partial charge is 0.142 e. The van der Waals surface area contributed by atoms with Crippen molar-refractivity contribution < 1.29 is 4.39 Å². The summed E-state index contributed by atoms with van der Waals surface area (Å²) in [5.74, 6) is -0.258. The van der Waals surface area contributed by atoms with Crippen LogP contribution in [0.1, 0.15) is 24.1 Å². The number of aromatic nitrogens is 3. The summed E-state index contributed by atoms with van der Waals surface area (Å²) in [7, 11) is 0. The Bertz CT molecular complexity index is 1140. The Balaban J connectivity index is 1.51. The molecule has 1 aliphatic rings. The monoisotopic (exact) mass is 387 g/mol. The third kappa shape index (κ3) is 3.34. The molecule has 5 heteroatoms. The molecule has 3 nitrogen and oxygen atoms in total. The molecule has 28 heavy (non-hydrogen) atoms. The van der Waals surface area contributed by atoms with E-state index in [9.17, 15) is 4.39 Å². The Labute approximate surface area is 167 Å². The molecule has 4 aromatic rings. The number of benzene rings is 1. The van der Waals surface area contributed by atoms with Gasteiger partial charge < -0.3 is 0 Å². The SMILES string of the molecule is Fc1cc(-c2ccncc2)cc(-c2cnc(-c3ccc4c(n3)CCCC4)s2)c1. The molecule has 0 fully saturated rings. The van der Waals surface area contributed by atoms with Gasteiger partial charge in [-0.1, -0.05) is 6.07 Å². The summed E-state index contributed by atoms with van der Waals surface area (Å²) < 4.78 is 14.3. The van der Waals surface area contributed by atoms with Gasteiger partial charge in [-0.15, -0.1) is 11.3 Å². The zero-order chi connectivity index (χ0) is 18.9. The van der Waals surface area contributed by atoms with Gasteiger partial charge in [0.1, 0.15) is 10.8 Å². The molecule has 138 valence electrons. The van der Waals surface area contributed by atoms with Gasteiger partial charge in [0.2, 0.25) is 0 Å². The van der Waals surface area contributed by atoms with Gasteiger partial charge in [0, 0.05) is 24.3 Å². The average Bonchev–Trinajstić information content (AvgIpc) is 3.24. The molecule has 0 aliphatic heterocycles. The number of aryl methyl sites for hydroxylation is 2. The quantitative estimate of drug-likeness (QED) is 0.436. The zero-order valence-electron chi connectivity index (χ0n) is 15.2. The lowest BCUT2D eigenvalue weighted by molar-refractivity contribution is 0.629. The van der Waals surface area contributed by atoms with Gasteiger partial charge in [0.15, 0.2) is 0 Å². The van der Waals surface area contributed by atoms with Crippen LogP contribution >= 0.6 is 11.3 Å². The Hall–Kier alpha value is -2.92. The molecule has 3 aromatic heterocycles. The van der Waals surface area contributed by atoms with E-state index in [1.165, 1.54) is 24.1 Å². The van der Waals surface area contributed by atoms with Crippen molar-refractivity contribution in [2.75, 3.05) is 0 Å². The van der Waals surface area contributed by atoms with Crippen LogP contribution in [0.25, 0.3) is 32.3 Å². The van der Waals surface area contributed by atoms with E-state index in [0.717, 1.165) is 45.1 Å². The zero-order valence-corrected chi connectivity index (χ0v) is 16.0. The maximum Gasteiger partial charge on any atom is 0.142 e. The van der Waals surface area contributed by atoms with Crippen LogP contribution < -0.4 is 0 Å². The minimum atomic E-state index is -0.258. The van der Waals surface area contributed by atoms with E-state index in [4.69, 9.17) is 4.98 Å². The summed E-state index contributed by atoms with van der Waals surface area (Å²) in [6, 6.07) is 13.1. The van der Waals surface area contributed by atoms with Crippen LogP contribution in [-0.2, 0) is 12.8 Å². The van der Waals surface area contributed by atoms with Crippen molar-refractivity contribution in [3.63, 3.8) is 0 Å². The molecule has 0 unspecified atom stereocenters. The highest BCUT2D eigenvalue weighted by atomic mass is 32.1. The molecule has 0 radical (unpaired) electrons. The Morgan fingerprint density at radius 3 is 2.57 bits per heavy atom. The van der Waals surface area contributed by atoms with Gasteiger partial charge in [-0.25, -0.2) is 9.37 Å². The fourth-order valence-corrected chi connectivity index (χ4v) is 4.54. The number of hydrogen-bond donors (Lipinski definition) is 0. The minimum absolute atomic E-state index is 0.258. The van der Waals surface area contributed by atoms with Crippen molar-refractivity contribution >= 4 is 11.3 Å². The van der Waals surface area contributed by atoms with Crippen LogP contribution in [0.5, 0.6) is 0 Å². The van der Waals surface area contributed by atoms with Crippen molar-refractivity contribution in [1.29, 1.82) is 0 Å². The fraction of sp³-hybridized carbons (Fsp3) is 0.174. The lowest BCUT2D eigenvalue weighted by Crippen LogP contribution is -2.05. The molecule has 0 bridgehead atoms. The van der Waals surface area contributed by atoms with Crippen LogP contribution in [0.2, 0.25) is 0 Å². The summed E-state index contributed by atoms with van der Waals surface area (Å²) >= 11 is 1.55. The van der Waals surface area contributed by atoms with Crippen molar-refractivity contribution in [3.05, 3.63) is 78.1 Å². The van der Waals surface area contributed by atoms with E-state index in [2.05, 4.69) is 22.1 Å². The maximum atomic E-state index is 14.3. The Morgan fingerprint density at radius 2 is 1.68 bits per heavy atom. The highest BCUT2D eigenvalue weighted by molar-refractivity contribution is 7.18. The molecular weight excluding hydrogens is 369 g/mol. The number of nitrogens with zero attached hydrogens (tertiary/aromatic N) is 3. The van der Waals surface area contributed by atoms with Crippen LogP contribution in [0.3, 0.4) is 0 Å². The number of pyridine rings is 2. The van der Waals surface area contributed by atoms with Crippen molar-refractivity contribution in [2.45, 2.75) is 25.7 Å². The van der Waals surface area contributed by atoms with Crippen molar-refractivity contribution in [3.8, 4) is 32.3 Å². The van der Waals surface area contributed by atoms with Crippen molar-refractivity contribution in [1.82, 2.24) is 15.0 Å². The van der Waals surface area contributed by atoms with E-state index < -0.39 is 0 Å². The summed E-state index contributed by atoms with van der Waals surface area (Å²) in [4.78, 5) is 14.4. The third-order valence-corrected chi connectivity index (χ3v) is 6.17. The van der Waals surface area contributed by atoms with Gasteiger partial charge in [-0.3, -0.25) is 9.97 Å². The van der Waals surface area contributed by atoms with Gasteiger partial charge in [0.05, 0.1) is 10.6 Å². The van der Waals surface area contributed by atoms with E-state index >= 15 is 0 Å². The average molecular weight is 387 g/mol. The first-order chi connectivity index (χ1) is 13.8. The van der Waals surface area contributed by atoms with E-state index in [0.29, 0.717) is 0 Å². The van der Waals surface area contributed by atoms with E-state index in [-0.39, 0.29) is 5.82 Å². The number of thiazole rings is 1. The molecule has 5 rings (SSSR count). The van der Waals surface area contributed by atoms with Crippen LogP contribution in [-0.4, -0.2) is 15.0 Å². The summed E-state index contributed by atoms with van der Waals surface area (Å²) in [6.07, 6.45) is 9.85. The molecule has 0 amide bonds. The standard InChI is InChI=1S/C23H18FN3S/c24-19-12-17(15-7-9-25-10-8-15)11-18(13-19)22-14-26-23(28-22)21-6-5-16-3-1-2-4-20(16)27-21/h5-14H,1-4H2. The summed E-state index contributed by atoms with van der Waals surface area (Å²) in [5.41, 5.74) is 6.07. The molecule has 0 N–H and O–H groups in total. The van der Waals surface area contributed by atoms with Crippen LogP contribution in [0, 0.1) is 5.82 Å². The first-order valence-corrected chi connectivity index (χ1v) is 10.2. The highest BCUT2D eigenvalue weighted by Gasteiger charge is 2.14. The molecule has 0 saturated heterocycles. The normalized spacial score (nSPS) is 13.3. The van der Waals surface area contributed by atoms with Crippen LogP contribution in [0.4, 0.5) is 4.39 Å². The number of rotatable bonds is 3. The van der Waals surface area contributed by atoms with E-state index in [1.54, 1.807) is 35.9 Å². The second-order valence-corrected chi connectivity index (χ2v) is 8.03. The topological polar surface area (TPSA) is 38.7 Å². The molecule has 0 saturated carbocycles. The molecule has 3 heterocycles. The van der Waals surface area contributed by atoms with E-state index in [1.807, 2.05) is 24.4 Å². The summed E-state index contributed by atoms with van der Waals surface area (Å²) in [5, 5.41) is 0.873.